The van der Waals surface area contributed by atoms with Crippen molar-refractivity contribution in [2.45, 2.75) is 26.2 Å². The van der Waals surface area contributed by atoms with Gasteiger partial charge in [-0.2, -0.15) is 0 Å². The fourth-order valence-corrected chi connectivity index (χ4v) is 4.07. The molecule has 9 heteroatoms. The van der Waals surface area contributed by atoms with E-state index in [4.69, 9.17) is 0 Å². The lowest BCUT2D eigenvalue weighted by Gasteiger charge is -2.38. The maximum atomic E-state index is 12.9. The molecule has 1 aromatic heterocycles. The van der Waals surface area contributed by atoms with E-state index in [1.54, 1.807) is 19.1 Å². The highest BCUT2D eigenvalue weighted by Crippen LogP contribution is 2.37. The summed E-state index contributed by atoms with van der Waals surface area (Å²) in [5.74, 6) is -0.120. The molecule has 2 aliphatic rings. The van der Waals surface area contributed by atoms with Crippen LogP contribution in [-0.2, 0) is 0 Å². The van der Waals surface area contributed by atoms with Crippen molar-refractivity contribution in [1.29, 1.82) is 0 Å². The Morgan fingerprint density at radius 1 is 1.30 bits per heavy atom. The van der Waals surface area contributed by atoms with Gasteiger partial charge in [0.1, 0.15) is 0 Å². The highest BCUT2D eigenvalue weighted by molar-refractivity contribution is 5.93. The van der Waals surface area contributed by atoms with Crippen molar-refractivity contribution in [3.63, 3.8) is 0 Å². The molecule has 2 aliphatic heterocycles. The fourth-order valence-electron chi connectivity index (χ4n) is 4.07. The molecule has 0 radical (unpaired) electrons. The van der Waals surface area contributed by atoms with Gasteiger partial charge in [0.05, 0.1) is 16.3 Å². The minimum Gasteiger partial charge on any atom is -0.337 e. The minimum atomic E-state index is -0.455. The van der Waals surface area contributed by atoms with Crippen LogP contribution in [0, 0.1) is 22.5 Å². The number of nitrogens with zero attached hydrogens (tertiary/aromatic N) is 5. The quantitative estimate of drug-likeness (QED) is 0.651. The van der Waals surface area contributed by atoms with E-state index in [2.05, 4.69) is 15.6 Å². The summed E-state index contributed by atoms with van der Waals surface area (Å²) in [6.45, 7) is 5.31. The Labute approximate surface area is 156 Å². The lowest BCUT2D eigenvalue weighted by atomic mass is 9.78. The minimum absolute atomic E-state index is 0.0261. The number of non-ortho nitro benzene ring substituents is 1. The zero-order valence-electron chi connectivity index (χ0n) is 15.2. The Morgan fingerprint density at radius 2 is 2.07 bits per heavy atom. The maximum Gasteiger partial charge on any atom is 0.276 e. The molecule has 27 heavy (non-hydrogen) atoms. The van der Waals surface area contributed by atoms with Crippen LogP contribution in [0.15, 0.2) is 24.3 Å². The molecule has 2 fully saturated rings. The predicted octanol–water partition coefficient (Wildman–Crippen LogP) is 1.70. The molecule has 142 valence electrons. The normalized spacial score (nSPS) is 18.8. The highest BCUT2D eigenvalue weighted by Gasteiger charge is 2.38. The molecule has 4 rings (SSSR count). The molecule has 1 amide bonds. The third-order valence-electron chi connectivity index (χ3n) is 5.83. The van der Waals surface area contributed by atoms with Crippen molar-refractivity contribution >= 4 is 11.6 Å². The summed E-state index contributed by atoms with van der Waals surface area (Å²) in [6, 6.07) is 6.15. The lowest BCUT2D eigenvalue weighted by Crippen LogP contribution is -2.44. The summed E-state index contributed by atoms with van der Waals surface area (Å²) in [5.41, 5.74) is 1.72. The zero-order chi connectivity index (χ0) is 19.0. The summed E-state index contributed by atoms with van der Waals surface area (Å²) in [4.78, 5) is 25.3. The SMILES string of the molecule is Cc1c(C(=O)N2CCC3(CCNC3)CC2)nnn1-c1cccc([N+](=O)[O-])c1. The van der Waals surface area contributed by atoms with Crippen LogP contribution in [-0.4, -0.2) is 56.9 Å². The van der Waals surface area contributed by atoms with Crippen LogP contribution in [0.4, 0.5) is 5.69 Å². The second kappa shape index (κ2) is 6.73. The van der Waals surface area contributed by atoms with Crippen molar-refractivity contribution in [1.82, 2.24) is 25.2 Å². The molecule has 0 bridgehead atoms. The standard InChI is InChI=1S/C18H22N6O3/c1-13-16(17(25)22-9-6-18(7-10-22)5-8-19-12-18)20-21-23(13)14-3-2-4-15(11-14)24(26)27/h2-4,11,19H,5-10,12H2,1H3. The van der Waals surface area contributed by atoms with Gasteiger partial charge >= 0.3 is 0 Å². The van der Waals surface area contributed by atoms with Crippen LogP contribution in [0.1, 0.15) is 35.4 Å². The first-order valence-electron chi connectivity index (χ1n) is 9.16. The van der Waals surface area contributed by atoms with Gasteiger partial charge in [-0.3, -0.25) is 14.9 Å². The lowest BCUT2D eigenvalue weighted by molar-refractivity contribution is -0.384. The number of hydrogen-bond donors (Lipinski definition) is 1. The van der Waals surface area contributed by atoms with Crippen molar-refractivity contribution < 1.29 is 9.72 Å². The third kappa shape index (κ3) is 3.18. The number of carbonyl (C=O) groups excluding carboxylic acids is 1. The Bertz CT molecular complexity index is 877. The Kier molecular flexibility index (Phi) is 4.39. The van der Waals surface area contributed by atoms with Crippen LogP contribution in [0.2, 0.25) is 0 Å². The fraction of sp³-hybridized carbons (Fsp3) is 0.500. The number of nitro benzene ring substituents is 1. The van der Waals surface area contributed by atoms with Crippen molar-refractivity contribution in [3.05, 3.63) is 45.8 Å². The smallest absolute Gasteiger partial charge is 0.276 e. The van der Waals surface area contributed by atoms with E-state index in [0.29, 0.717) is 22.5 Å². The van der Waals surface area contributed by atoms with Crippen LogP contribution >= 0.6 is 0 Å². The second-order valence-corrected chi connectivity index (χ2v) is 7.43. The van der Waals surface area contributed by atoms with Gasteiger partial charge in [-0.25, -0.2) is 4.68 Å². The Hall–Kier alpha value is -2.81. The molecule has 0 atom stereocenters. The van der Waals surface area contributed by atoms with E-state index >= 15 is 0 Å². The molecule has 1 N–H and O–H groups in total. The number of aromatic nitrogens is 3. The van der Waals surface area contributed by atoms with Crippen molar-refractivity contribution in [3.8, 4) is 5.69 Å². The molecule has 0 aliphatic carbocycles. The maximum absolute atomic E-state index is 12.9. The van der Waals surface area contributed by atoms with Crippen molar-refractivity contribution in [2.75, 3.05) is 26.2 Å². The molecule has 2 aromatic rings. The first-order chi connectivity index (χ1) is 13.0. The second-order valence-electron chi connectivity index (χ2n) is 7.43. The van der Waals surface area contributed by atoms with Gasteiger partial charge in [-0.15, -0.1) is 5.10 Å². The molecular formula is C18H22N6O3. The number of amides is 1. The molecule has 0 saturated carbocycles. The predicted molar refractivity (Wildman–Crippen MR) is 97.8 cm³/mol. The van der Waals surface area contributed by atoms with E-state index in [0.717, 1.165) is 39.0 Å². The summed E-state index contributed by atoms with van der Waals surface area (Å²) in [5, 5.41) is 22.5. The van der Waals surface area contributed by atoms with E-state index in [9.17, 15) is 14.9 Å². The molecule has 1 aromatic carbocycles. The molecule has 0 unspecified atom stereocenters. The van der Waals surface area contributed by atoms with Crippen LogP contribution in [0.5, 0.6) is 0 Å². The van der Waals surface area contributed by atoms with Gasteiger partial charge in [0.15, 0.2) is 5.69 Å². The largest absolute Gasteiger partial charge is 0.337 e. The molecule has 1 spiro atoms. The highest BCUT2D eigenvalue weighted by atomic mass is 16.6. The first-order valence-corrected chi connectivity index (χ1v) is 9.16. The number of nitro groups is 1. The summed E-state index contributed by atoms with van der Waals surface area (Å²) in [6.07, 6.45) is 3.19. The van der Waals surface area contributed by atoms with E-state index in [1.165, 1.54) is 23.2 Å². The van der Waals surface area contributed by atoms with Gasteiger partial charge in [0.25, 0.3) is 11.6 Å². The van der Waals surface area contributed by atoms with Gasteiger partial charge in [0.2, 0.25) is 0 Å². The average Bonchev–Trinajstić information content (AvgIpc) is 3.29. The van der Waals surface area contributed by atoms with E-state index in [1.807, 2.05) is 4.90 Å². The van der Waals surface area contributed by atoms with Gasteiger partial charge in [-0.1, -0.05) is 11.3 Å². The van der Waals surface area contributed by atoms with E-state index < -0.39 is 4.92 Å². The van der Waals surface area contributed by atoms with Crippen molar-refractivity contribution in [2.24, 2.45) is 5.41 Å². The number of benzene rings is 1. The number of hydrogen-bond acceptors (Lipinski definition) is 6. The van der Waals surface area contributed by atoms with Gasteiger partial charge < -0.3 is 10.2 Å². The molecular weight excluding hydrogens is 348 g/mol. The van der Waals surface area contributed by atoms with Crippen LogP contribution < -0.4 is 5.32 Å². The van der Waals surface area contributed by atoms with Crippen LogP contribution in [0.25, 0.3) is 5.69 Å². The first kappa shape index (κ1) is 17.6. The number of rotatable bonds is 3. The summed E-state index contributed by atoms with van der Waals surface area (Å²) >= 11 is 0. The Morgan fingerprint density at radius 3 is 2.74 bits per heavy atom. The zero-order valence-corrected chi connectivity index (χ0v) is 15.2. The summed E-state index contributed by atoms with van der Waals surface area (Å²) in [7, 11) is 0. The van der Waals surface area contributed by atoms with Crippen LogP contribution in [0.3, 0.4) is 0 Å². The number of nitrogens with one attached hydrogen (secondary N) is 1. The van der Waals surface area contributed by atoms with Gasteiger partial charge in [0, 0.05) is 31.8 Å². The average molecular weight is 370 g/mol. The molecule has 9 nitrogen and oxygen atoms in total. The van der Waals surface area contributed by atoms with E-state index in [-0.39, 0.29) is 11.6 Å². The monoisotopic (exact) mass is 370 g/mol. The number of likely N-dealkylation sites (tertiary alicyclic amines) is 1. The molecule has 3 heterocycles. The van der Waals surface area contributed by atoms with Gasteiger partial charge in [-0.05, 0) is 44.2 Å². The third-order valence-corrected chi connectivity index (χ3v) is 5.83. The Balaban J connectivity index is 1.53. The number of carbonyl (C=O) groups is 1. The molecule has 2 saturated heterocycles. The number of piperidine rings is 1. The topological polar surface area (TPSA) is 106 Å². The summed E-state index contributed by atoms with van der Waals surface area (Å²) < 4.78 is 1.48.